The number of rotatable bonds is 7. The average molecular weight is 225 g/mol. The maximum absolute atomic E-state index is 5.89. The van der Waals surface area contributed by atoms with Crippen molar-refractivity contribution in [1.82, 2.24) is 0 Å². The fourth-order valence-electron chi connectivity index (χ4n) is 3.24. The molecule has 0 saturated heterocycles. The maximum Gasteiger partial charge on any atom is -0.00462 e. The van der Waals surface area contributed by atoms with Crippen molar-refractivity contribution in [2.75, 3.05) is 6.54 Å². The van der Waals surface area contributed by atoms with Crippen LogP contribution in [0.5, 0.6) is 0 Å². The highest BCUT2D eigenvalue weighted by Gasteiger charge is 2.26. The van der Waals surface area contributed by atoms with E-state index in [1.54, 1.807) is 0 Å². The number of hydrogen-bond donors (Lipinski definition) is 1. The standard InChI is InChI=1S/C15H31N/c1-3-4-5-6-7-8-14-11-13(2)9-10-15(14)12-16/h13-15H,3-12,16H2,1-2H3. The van der Waals surface area contributed by atoms with Crippen molar-refractivity contribution >= 4 is 0 Å². The van der Waals surface area contributed by atoms with Crippen molar-refractivity contribution in [3.05, 3.63) is 0 Å². The molecule has 0 aromatic carbocycles. The monoisotopic (exact) mass is 225 g/mol. The molecular formula is C15H31N. The average Bonchev–Trinajstić information content (AvgIpc) is 2.29. The van der Waals surface area contributed by atoms with E-state index in [1.165, 1.54) is 57.8 Å². The van der Waals surface area contributed by atoms with E-state index >= 15 is 0 Å². The molecule has 0 aromatic heterocycles. The highest BCUT2D eigenvalue weighted by Crippen LogP contribution is 2.36. The Hall–Kier alpha value is -0.0400. The van der Waals surface area contributed by atoms with Crippen LogP contribution >= 0.6 is 0 Å². The molecule has 1 fully saturated rings. The van der Waals surface area contributed by atoms with Crippen LogP contribution < -0.4 is 5.73 Å². The summed E-state index contributed by atoms with van der Waals surface area (Å²) in [6.07, 6.45) is 12.8. The van der Waals surface area contributed by atoms with Gasteiger partial charge in [-0.15, -0.1) is 0 Å². The Morgan fingerprint density at radius 2 is 1.75 bits per heavy atom. The Kier molecular flexibility index (Phi) is 7.11. The molecule has 1 nitrogen and oxygen atoms in total. The molecule has 0 radical (unpaired) electrons. The smallest absolute Gasteiger partial charge is 0.00462 e. The van der Waals surface area contributed by atoms with Gasteiger partial charge in [-0.3, -0.25) is 0 Å². The van der Waals surface area contributed by atoms with E-state index in [2.05, 4.69) is 13.8 Å². The minimum Gasteiger partial charge on any atom is -0.330 e. The van der Waals surface area contributed by atoms with Crippen molar-refractivity contribution in [3.8, 4) is 0 Å². The van der Waals surface area contributed by atoms with E-state index < -0.39 is 0 Å². The summed E-state index contributed by atoms with van der Waals surface area (Å²) in [7, 11) is 0. The Balaban J connectivity index is 2.16. The van der Waals surface area contributed by atoms with Crippen molar-refractivity contribution in [2.24, 2.45) is 23.5 Å². The first kappa shape index (κ1) is 14.0. The lowest BCUT2D eigenvalue weighted by Crippen LogP contribution is -2.29. The van der Waals surface area contributed by atoms with E-state index in [-0.39, 0.29) is 0 Å². The molecule has 1 saturated carbocycles. The van der Waals surface area contributed by atoms with Gasteiger partial charge in [0.15, 0.2) is 0 Å². The molecule has 1 aliphatic rings. The van der Waals surface area contributed by atoms with Gasteiger partial charge in [-0.25, -0.2) is 0 Å². The number of hydrogen-bond acceptors (Lipinski definition) is 1. The Morgan fingerprint density at radius 3 is 2.44 bits per heavy atom. The molecule has 2 N–H and O–H groups in total. The van der Waals surface area contributed by atoms with Crippen LogP contribution in [0.4, 0.5) is 0 Å². The lowest BCUT2D eigenvalue weighted by molar-refractivity contribution is 0.180. The molecule has 0 amide bonds. The van der Waals surface area contributed by atoms with Crippen molar-refractivity contribution < 1.29 is 0 Å². The summed E-state index contributed by atoms with van der Waals surface area (Å²) in [5.41, 5.74) is 5.89. The van der Waals surface area contributed by atoms with Gasteiger partial charge in [0, 0.05) is 0 Å². The van der Waals surface area contributed by atoms with Gasteiger partial charge in [0.05, 0.1) is 0 Å². The van der Waals surface area contributed by atoms with Crippen LogP contribution in [0.25, 0.3) is 0 Å². The minimum absolute atomic E-state index is 0.836. The zero-order valence-corrected chi connectivity index (χ0v) is 11.4. The van der Waals surface area contributed by atoms with Crippen LogP contribution in [0.3, 0.4) is 0 Å². The van der Waals surface area contributed by atoms with Crippen molar-refractivity contribution in [3.63, 3.8) is 0 Å². The fourth-order valence-corrected chi connectivity index (χ4v) is 3.24. The molecule has 3 unspecified atom stereocenters. The second-order valence-electron chi connectivity index (χ2n) is 5.88. The lowest BCUT2D eigenvalue weighted by Gasteiger charge is -2.34. The third kappa shape index (κ3) is 4.86. The highest BCUT2D eigenvalue weighted by atomic mass is 14.6. The summed E-state index contributed by atoms with van der Waals surface area (Å²) in [5.74, 6) is 2.72. The quantitative estimate of drug-likeness (QED) is 0.640. The predicted octanol–water partition coefficient (Wildman–Crippen LogP) is 4.36. The van der Waals surface area contributed by atoms with Gasteiger partial charge in [-0.1, -0.05) is 58.8 Å². The van der Waals surface area contributed by atoms with E-state index in [1.807, 2.05) is 0 Å². The highest BCUT2D eigenvalue weighted by molar-refractivity contribution is 4.79. The first-order valence-corrected chi connectivity index (χ1v) is 7.48. The number of nitrogens with two attached hydrogens (primary N) is 1. The molecule has 1 heteroatoms. The molecule has 96 valence electrons. The summed E-state index contributed by atoms with van der Waals surface area (Å²) >= 11 is 0. The van der Waals surface area contributed by atoms with Gasteiger partial charge in [0.2, 0.25) is 0 Å². The van der Waals surface area contributed by atoms with Crippen molar-refractivity contribution in [1.29, 1.82) is 0 Å². The summed E-state index contributed by atoms with van der Waals surface area (Å²) in [5, 5.41) is 0. The van der Waals surface area contributed by atoms with Gasteiger partial charge < -0.3 is 5.73 Å². The third-order valence-electron chi connectivity index (χ3n) is 4.38. The van der Waals surface area contributed by atoms with Crippen LogP contribution in [0.15, 0.2) is 0 Å². The second kappa shape index (κ2) is 8.11. The summed E-state index contributed by atoms with van der Waals surface area (Å²) in [6, 6.07) is 0. The Labute approximate surface area is 102 Å². The summed E-state index contributed by atoms with van der Waals surface area (Å²) in [6.45, 7) is 5.62. The van der Waals surface area contributed by atoms with Gasteiger partial charge >= 0.3 is 0 Å². The van der Waals surface area contributed by atoms with Gasteiger partial charge in [0.1, 0.15) is 0 Å². The van der Waals surface area contributed by atoms with Crippen LogP contribution in [-0.4, -0.2) is 6.54 Å². The summed E-state index contributed by atoms with van der Waals surface area (Å²) in [4.78, 5) is 0. The van der Waals surface area contributed by atoms with E-state index in [0.717, 1.165) is 24.3 Å². The summed E-state index contributed by atoms with van der Waals surface area (Å²) < 4.78 is 0. The predicted molar refractivity (Wildman–Crippen MR) is 72.4 cm³/mol. The maximum atomic E-state index is 5.89. The lowest BCUT2D eigenvalue weighted by atomic mass is 9.72. The van der Waals surface area contributed by atoms with E-state index in [9.17, 15) is 0 Å². The normalized spacial score (nSPS) is 30.6. The van der Waals surface area contributed by atoms with Crippen LogP contribution in [0, 0.1) is 17.8 Å². The molecule has 3 atom stereocenters. The molecule has 1 rings (SSSR count). The second-order valence-corrected chi connectivity index (χ2v) is 5.88. The SMILES string of the molecule is CCCCCCCC1CC(C)CCC1CN. The Morgan fingerprint density at radius 1 is 1.00 bits per heavy atom. The Bertz CT molecular complexity index is 167. The first-order valence-electron chi connectivity index (χ1n) is 7.48. The zero-order chi connectivity index (χ0) is 11.8. The molecule has 1 aliphatic carbocycles. The van der Waals surface area contributed by atoms with Crippen LogP contribution in [-0.2, 0) is 0 Å². The molecule has 0 heterocycles. The molecule has 0 spiro atoms. The number of unbranched alkanes of at least 4 members (excludes halogenated alkanes) is 4. The first-order chi connectivity index (χ1) is 7.77. The van der Waals surface area contributed by atoms with Gasteiger partial charge in [-0.2, -0.15) is 0 Å². The van der Waals surface area contributed by atoms with E-state index in [0.29, 0.717) is 0 Å². The van der Waals surface area contributed by atoms with E-state index in [4.69, 9.17) is 5.73 Å². The molecule has 0 bridgehead atoms. The third-order valence-corrected chi connectivity index (χ3v) is 4.38. The van der Waals surface area contributed by atoms with Crippen LogP contribution in [0.2, 0.25) is 0 Å². The zero-order valence-electron chi connectivity index (χ0n) is 11.4. The topological polar surface area (TPSA) is 26.0 Å². The molecule has 16 heavy (non-hydrogen) atoms. The fraction of sp³-hybridized carbons (Fsp3) is 1.00. The van der Waals surface area contributed by atoms with Gasteiger partial charge in [-0.05, 0) is 37.1 Å². The minimum atomic E-state index is 0.836. The van der Waals surface area contributed by atoms with Crippen molar-refractivity contribution in [2.45, 2.75) is 71.6 Å². The molecular weight excluding hydrogens is 194 g/mol. The largest absolute Gasteiger partial charge is 0.330 e. The molecule has 0 aromatic rings. The van der Waals surface area contributed by atoms with Crippen LogP contribution in [0.1, 0.15) is 71.6 Å². The molecule has 0 aliphatic heterocycles. The van der Waals surface area contributed by atoms with Gasteiger partial charge in [0.25, 0.3) is 0 Å².